The van der Waals surface area contributed by atoms with Crippen molar-refractivity contribution in [1.29, 1.82) is 0 Å². The number of nitrogens with zero attached hydrogens (tertiary/aromatic N) is 3. The molecule has 0 unspecified atom stereocenters. The Kier molecular flexibility index (Phi) is 5.98. The van der Waals surface area contributed by atoms with Crippen LogP contribution in [-0.2, 0) is 34.1 Å². The molecule has 1 fully saturated rings. The van der Waals surface area contributed by atoms with E-state index < -0.39 is 10.0 Å². The van der Waals surface area contributed by atoms with E-state index in [2.05, 4.69) is 10.4 Å². The molecule has 0 radical (unpaired) electrons. The van der Waals surface area contributed by atoms with Crippen LogP contribution in [0.15, 0.2) is 40.0 Å². The van der Waals surface area contributed by atoms with Gasteiger partial charge in [-0.25, -0.2) is 13.1 Å². The minimum atomic E-state index is -3.59. The van der Waals surface area contributed by atoms with Gasteiger partial charge in [-0.2, -0.15) is 9.40 Å². The maximum absolute atomic E-state index is 12.6. The molecular weight excluding hydrogens is 408 g/mol. The Bertz CT molecular complexity index is 1090. The first-order valence-electron chi connectivity index (χ1n) is 10.0. The van der Waals surface area contributed by atoms with E-state index in [4.69, 9.17) is 4.74 Å². The van der Waals surface area contributed by atoms with Crippen LogP contribution in [-0.4, -0.2) is 61.3 Å². The van der Waals surface area contributed by atoms with E-state index in [1.165, 1.54) is 33.3 Å². The molecule has 160 valence electrons. The molecule has 2 heterocycles. The van der Waals surface area contributed by atoms with Gasteiger partial charge >= 0.3 is 0 Å². The van der Waals surface area contributed by atoms with Gasteiger partial charge in [0.25, 0.3) is 11.5 Å². The van der Waals surface area contributed by atoms with E-state index >= 15 is 0 Å². The number of aromatic nitrogens is 2. The maximum Gasteiger partial charge on any atom is 0.267 e. The summed E-state index contributed by atoms with van der Waals surface area (Å²) in [5, 5.41) is 7.13. The molecule has 2 aromatic rings. The first-order valence-corrected chi connectivity index (χ1v) is 11.5. The first-order chi connectivity index (χ1) is 14.4. The standard InChI is InChI=1S/C20H24N4O5S/c25-19-14-16-2-1-3-18(16)22-24(19)9-8-21-20(26)15-4-6-17(7-5-15)30(27,28)23-10-12-29-13-11-23/h4-7,14H,1-3,8-13H2,(H,21,26). The average molecular weight is 433 g/mol. The van der Waals surface area contributed by atoms with Crippen molar-refractivity contribution in [1.82, 2.24) is 19.4 Å². The molecule has 0 spiro atoms. The zero-order chi connectivity index (χ0) is 21.1. The summed E-state index contributed by atoms with van der Waals surface area (Å²) in [5.74, 6) is -0.334. The molecule has 0 bridgehead atoms. The number of fused-ring (bicyclic) bond motifs is 1. The lowest BCUT2D eigenvalue weighted by atomic mass is 10.2. The normalized spacial score (nSPS) is 16.9. The zero-order valence-corrected chi connectivity index (χ0v) is 17.4. The Balaban J connectivity index is 1.36. The molecule has 1 amide bonds. The van der Waals surface area contributed by atoms with Crippen molar-refractivity contribution < 1.29 is 17.9 Å². The van der Waals surface area contributed by atoms with Gasteiger partial charge in [0, 0.05) is 31.3 Å². The molecule has 1 saturated heterocycles. The summed E-state index contributed by atoms with van der Waals surface area (Å²) < 4.78 is 33.2. The Hall–Kier alpha value is -2.56. The van der Waals surface area contributed by atoms with Gasteiger partial charge in [-0.3, -0.25) is 9.59 Å². The van der Waals surface area contributed by atoms with Crippen molar-refractivity contribution in [3.63, 3.8) is 0 Å². The molecule has 9 nitrogen and oxygen atoms in total. The van der Waals surface area contributed by atoms with Crippen molar-refractivity contribution in [3.05, 3.63) is 57.5 Å². The number of carbonyl (C=O) groups is 1. The quantitative estimate of drug-likeness (QED) is 0.697. The topological polar surface area (TPSA) is 111 Å². The van der Waals surface area contributed by atoms with E-state index in [9.17, 15) is 18.0 Å². The highest BCUT2D eigenvalue weighted by molar-refractivity contribution is 7.89. The molecule has 4 rings (SSSR count). The van der Waals surface area contributed by atoms with Gasteiger partial charge in [0.05, 0.1) is 30.3 Å². The van der Waals surface area contributed by atoms with Crippen LogP contribution in [0.2, 0.25) is 0 Å². The Morgan fingerprint density at radius 1 is 1.13 bits per heavy atom. The molecule has 1 aliphatic heterocycles. The number of ether oxygens (including phenoxy) is 1. The highest BCUT2D eigenvalue weighted by Crippen LogP contribution is 2.18. The van der Waals surface area contributed by atoms with E-state index in [-0.39, 0.29) is 29.5 Å². The third-order valence-electron chi connectivity index (χ3n) is 5.36. The summed E-state index contributed by atoms with van der Waals surface area (Å²) in [4.78, 5) is 24.6. The number of aryl methyl sites for hydroxylation is 2. The van der Waals surface area contributed by atoms with Gasteiger partial charge in [0.15, 0.2) is 0 Å². The Labute approximate surface area is 174 Å². The van der Waals surface area contributed by atoms with Crippen LogP contribution in [0.5, 0.6) is 0 Å². The first kappa shape index (κ1) is 20.7. The number of amides is 1. The Morgan fingerprint density at radius 2 is 1.87 bits per heavy atom. The molecule has 1 aromatic carbocycles. The lowest BCUT2D eigenvalue weighted by Crippen LogP contribution is -2.40. The van der Waals surface area contributed by atoms with Crippen LogP contribution >= 0.6 is 0 Å². The maximum atomic E-state index is 12.6. The number of hydrogen-bond acceptors (Lipinski definition) is 6. The number of benzene rings is 1. The smallest absolute Gasteiger partial charge is 0.267 e. The summed E-state index contributed by atoms with van der Waals surface area (Å²) in [6.45, 7) is 1.92. The Morgan fingerprint density at radius 3 is 2.60 bits per heavy atom. The van der Waals surface area contributed by atoms with Crippen LogP contribution in [0.1, 0.15) is 28.0 Å². The highest BCUT2D eigenvalue weighted by atomic mass is 32.2. The van der Waals surface area contributed by atoms with Gasteiger partial charge in [-0.05, 0) is 49.1 Å². The molecule has 10 heteroatoms. The second-order valence-electron chi connectivity index (χ2n) is 7.33. The molecule has 0 atom stereocenters. The molecule has 1 aromatic heterocycles. The van der Waals surface area contributed by atoms with E-state index in [0.717, 1.165) is 30.5 Å². The van der Waals surface area contributed by atoms with Crippen molar-refractivity contribution in [2.45, 2.75) is 30.7 Å². The fraction of sp³-hybridized carbons (Fsp3) is 0.450. The monoisotopic (exact) mass is 432 g/mol. The number of nitrogens with one attached hydrogen (secondary N) is 1. The average Bonchev–Trinajstić information content (AvgIpc) is 3.21. The molecular formula is C20H24N4O5S. The van der Waals surface area contributed by atoms with Gasteiger partial charge in [-0.1, -0.05) is 0 Å². The van der Waals surface area contributed by atoms with Crippen molar-refractivity contribution in [2.24, 2.45) is 0 Å². The second kappa shape index (κ2) is 8.66. The molecule has 30 heavy (non-hydrogen) atoms. The van der Waals surface area contributed by atoms with E-state index in [1.54, 1.807) is 6.07 Å². The predicted molar refractivity (Wildman–Crippen MR) is 109 cm³/mol. The molecule has 2 aliphatic rings. The van der Waals surface area contributed by atoms with E-state index in [0.29, 0.717) is 31.9 Å². The third kappa shape index (κ3) is 4.30. The second-order valence-corrected chi connectivity index (χ2v) is 9.27. The number of rotatable bonds is 6. The number of morpholine rings is 1. The van der Waals surface area contributed by atoms with Crippen LogP contribution in [0.25, 0.3) is 0 Å². The van der Waals surface area contributed by atoms with Gasteiger partial charge < -0.3 is 10.1 Å². The third-order valence-corrected chi connectivity index (χ3v) is 7.27. The lowest BCUT2D eigenvalue weighted by Gasteiger charge is -2.26. The summed E-state index contributed by atoms with van der Waals surface area (Å²) in [7, 11) is -3.59. The summed E-state index contributed by atoms with van der Waals surface area (Å²) in [5.41, 5.74) is 2.16. The SMILES string of the molecule is O=C(NCCn1nc2c(cc1=O)CCC2)c1ccc(S(=O)(=O)N2CCOCC2)cc1. The van der Waals surface area contributed by atoms with Gasteiger partial charge in [0.2, 0.25) is 10.0 Å². The minimum Gasteiger partial charge on any atom is -0.379 e. The van der Waals surface area contributed by atoms with E-state index in [1.807, 2.05) is 0 Å². The molecule has 0 saturated carbocycles. The summed E-state index contributed by atoms with van der Waals surface area (Å²) in [6.07, 6.45) is 2.79. The fourth-order valence-electron chi connectivity index (χ4n) is 3.69. The van der Waals surface area contributed by atoms with Crippen LogP contribution < -0.4 is 10.9 Å². The summed E-state index contributed by atoms with van der Waals surface area (Å²) in [6, 6.07) is 7.48. The number of hydrogen-bond donors (Lipinski definition) is 1. The van der Waals surface area contributed by atoms with Gasteiger partial charge in [-0.15, -0.1) is 0 Å². The molecule has 1 aliphatic carbocycles. The van der Waals surface area contributed by atoms with Crippen LogP contribution in [0, 0.1) is 0 Å². The van der Waals surface area contributed by atoms with Gasteiger partial charge in [0.1, 0.15) is 0 Å². The predicted octanol–water partition coefficient (Wildman–Crippen LogP) is 0.183. The number of carbonyl (C=O) groups excluding carboxylic acids is 1. The van der Waals surface area contributed by atoms with Crippen molar-refractivity contribution >= 4 is 15.9 Å². The molecule has 1 N–H and O–H groups in total. The summed E-state index contributed by atoms with van der Waals surface area (Å²) >= 11 is 0. The fourth-order valence-corrected chi connectivity index (χ4v) is 5.10. The van der Waals surface area contributed by atoms with Crippen LogP contribution in [0.4, 0.5) is 0 Å². The largest absolute Gasteiger partial charge is 0.379 e. The highest BCUT2D eigenvalue weighted by Gasteiger charge is 2.26. The van der Waals surface area contributed by atoms with Crippen LogP contribution in [0.3, 0.4) is 0 Å². The minimum absolute atomic E-state index is 0.148. The van der Waals surface area contributed by atoms with Crippen molar-refractivity contribution in [2.75, 3.05) is 32.8 Å². The number of sulfonamides is 1. The lowest BCUT2D eigenvalue weighted by molar-refractivity contribution is 0.0730. The van der Waals surface area contributed by atoms with Crippen molar-refractivity contribution in [3.8, 4) is 0 Å². The zero-order valence-electron chi connectivity index (χ0n) is 16.5.